The summed E-state index contributed by atoms with van der Waals surface area (Å²) in [4.78, 5) is 0. The number of hydrogen-bond donors (Lipinski definition) is 0. The average Bonchev–Trinajstić information content (AvgIpc) is 3.91. The molecule has 0 atom stereocenters. The van der Waals surface area contributed by atoms with E-state index >= 15 is 0 Å². The lowest BCUT2D eigenvalue weighted by molar-refractivity contribution is 1.19. The zero-order chi connectivity index (χ0) is 36.0. The van der Waals surface area contributed by atoms with Gasteiger partial charge in [0, 0.05) is 58.5 Å². The van der Waals surface area contributed by atoms with Gasteiger partial charge in [-0.2, -0.15) is 0 Å². The molecule has 55 heavy (non-hydrogen) atoms. The Bertz CT molecular complexity index is 3470. The number of fused-ring (bicyclic) bond motifs is 11. The van der Waals surface area contributed by atoms with Gasteiger partial charge >= 0.3 is 0 Å². The SMILES string of the molecule is c1ccc(-c2ccc3c(c2)c2cc(-c4ccc5c(c4)c4ccc6ccccc6c4n5-c4ccccc4)ccc2n3-c2ccc3c(c2)sc2ccccc23)cc1. The van der Waals surface area contributed by atoms with Crippen molar-refractivity contribution in [1.82, 2.24) is 9.13 Å². The molecule has 3 heteroatoms. The van der Waals surface area contributed by atoms with E-state index in [2.05, 4.69) is 203 Å². The van der Waals surface area contributed by atoms with Crippen molar-refractivity contribution in [3.05, 3.63) is 194 Å². The summed E-state index contributed by atoms with van der Waals surface area (Å²) in [5.41, 5.74) is 12.1. The van der Waals surface area contributed by atoms with Crippen molar-refractivity contribution in [2.24, 2.45) is 0 Å². The van der Waals surface area contributed by atoms with E-state index in [4.69, 9.17) is 0 Å². The van der Waals surface area contributed by atoms with Gasteiger partial charge < -0.3 is 9.13 Å². The lowest BCUT2D eigenvalue weighted by atomic mass is 9.99. The van der Waals surface area contributed by atoms with Gasteiger partial charge in [-0.15, -0.1) is 11.3 Å². The molecule has 0 bridgehead atoms. The van der Waals surface area contributed by atoms with E-state index in [1.54, 1.807) is 0 Å². The molecule has 0 N–H and O–H groups in total. The Balaban J connectivity index is 1.09. The second-order valence-electron chi connectivity index (χ2n) is 14.5. The Morgan fingerprint density at radius 3 is 1.56 bits per heavy atom. The molecular formula is C52H32N2S. The van der Waals surface area contributed by atoms with E-state index in [-0.39, 0.29) is 0 Å². The highest BCUT2D eigenvalue weighted by molar-refractivity contribution is 7.25. The molecule has 3 aromatic heterocycles. The quantitative estimate of drug-likeness (QED) is 0.172. The summed E-state index contributed by atoms with van der Waals surface area (Å²) in [6, 6.07) is 71.5. The van der Waals surface area contributed by atoms with Crippen LogP contribution < -0.4 is 0 Å². The maximum Gasteiger partial charge on any atom is 0.0619 e. The second kappa shape index (κ2) is 11.8. The summed E-state index contributed by atoms with van der Waals surface area (Å²) in [5, 5.41) is 10.2. The third kappa shape index (κ3) is 4.60. The molecule has 0 radical (unpaired) electrons. The molecule has 0 amide bonds. The highest BCUT2D eigenvalue weighted by Crippen LogP contribution is 2.42. The van der Waals surface area contributed by atoms with Gasteiger partial charge in [-0.1, -0.05) is 127 Å². The number of nitrogens with zero attached hydrogens (tertiary/aromatic N) is 2. The molecule has 0 aliphatic carbocycles. The maximum absolute atomic E-state index is 2.45. The number of benzene rings is 9. The van der Waals surface area contributed by atoms with Crippen LogP contribution in [0.3, 0.4) is 0 Å². The van der Waals surface area contributed by atoms with Crippen LogP contribution in [0, 0.1) is 0 Å². The third-order valence-electron chi connectivity index (χ3n) is 11.5. The standard InChI is InChI=1S/C52H32N2S/c1-3-11-33(12-4-1)35-20-26-47-45(29-35)46-31-37(21-27-48(46)53(47)39-23-25-42-41-17-9-10-18-50(41)55-51(42)32-39)36-22-28-49-44(30-36)43-24-19-34-13-7-8-16-40(34)52(43)54(49)38-14-5-2-6-15-38/h1-32H. The summed E-state index contributed by atoms with van der Waals surface area (Å²) in [7, 11) is 0. The fourth-order valence-electron chi connectivity index (χ4n) is 8.95. The van der Waals surface area contributed by atoms with Gasteiger partial charge in [0.15, 0.2) is 0 Å². The lowest BCUT2D eigenvalue weighted by Crippen LogP contribution is -1.94. The van der Waals surface area contributed by atoms with Gasteiger partial charge in [-0.3, -0.25) is 0 Å². The van der Waals surface area contributed by atoms with Crippen LogP contribution in [0.5, 0.6) is 0 Å². The summed E-state index contributed by atoms with van der Waals surface area (Å²) in [6.07, 6.45) is 0. The first kappa shape index (κ1) is 30.5. The van der Waals surface area contributed by atoms with Crippen LogP contribution in [0.25, 0.3) is 108 Å². The topological polar surface area (TPSA) is 9.86 Å². The first-order valence-electron chi connectivity index (χ1n) is 18.8. The van der Waals surface area contributed by atoms with E-state index in [1.807, 2.05) is 11.3 Å². The van der Waals surface area contributed by atoms with Gasteiger partial charge in [-0.25, -0.2) is 0 Å². The van der Waals surface area contributed by atoms with Gasteiger partial charge in [0.05, 0.1) is 22.1 Å². The number of hydrogen-bond acceptors (Lipinski definition) is 1. The smallest absolute Gasteiger partial charge is 0.0619 e. The van der Waals surface area contributed by atoms with Crippen molar-refractivity contribution in [3.63, 3.8) is 0 Å². The molecule has 0 spiro atoms. The second-order valence-corrected chi connectivity index (χ2v) is 15.6. The van der Waals surface area contributed by atoms with E-state index in [0.717, 1.165) is 0 Å². The summed E-state index contributed by atoms with van der Waals surface area (Å²) < 4.78 is 7.52. The van der Waals surface area contributed by atoms with Gasteiger partial charge in [0.2, 0.25) is 0 Å². The minimum absolute atomic E-state index is 1.17. The number of para-hydroxylation sites is 1. The monoisotopic (exact) mass is 716 g/mol. The molecule has 12 aromatic rings. The van der Waals surface area contributed by atoms with Crippen molar-refractivity contribution in [3.8, 4) is 33.6 Å². The highest BCUT2D eigenvalue weighted by atomic mass is 32.1. The molecule has 0 unspecified atom stereocenters. The van der Waals surface area contributed by atoms with Gasteiger partial charge in [0.1, 0.15) is 0 Å². The van der Waals surface area contributed by atoms with Crippen LogP contribution in [0.4, 0.5) is 0 Å². The Labute approximate surface area is 321 Å². The van der Waals surface area contributed by atoms with E-state index in [0.29, 0.717) is 0 Å². The Kier molecular flexibility index (Phi) is 6.54. The molecule has 256 valence electrons. The first-order valence-corrected chi connectivity index (χ1v) is 19.7. The minimum Gasteiger partial charge on any atom is -0.309 e. The van der Waals surface area contributed by atoms with Crippen molar-refractivity contribution in [1.29, 1.82) is 0 Å². The largest absolute Gasteiger partial charge is 0.309 e. The van der Waals surface area contributed by atoms with Gasteiger partial charge in [-0.05, 0) is 94.4 Å². The molecule has 12 rings (SSSR count). The minimum atomic E-state index is 1.17. The molecule has 9 aromatic carbocycles. The van der Waals surface area contributed by atoms with Gasteiger partial charge in [0.25, 0.3) is 0 Å². The Hall–Kier alpha value is -6.94. The number of aromatic nitrogens is 2. The van der Waals surface area contributed by atoms with Crippen LogP contribution in [-0.2, 0) is 0 Å². The molecule has 3 heterocycles. The fourth-order valence-corrected chi connectivity index (χ4v) is 10.1. The maximum atomic E-state index is 2.45. The van der Waals surface area contributed by atoms with Crippen molar-refractivity contribution >= 4 is 85.9 Å². The normalized spacial score (nSPS) is 12.0. The molecule has 0 saturated carbocycles. The molecule has 0 aliphatic rings. The Morgan fingerprint density at radius 2 is 0.836 bits per heavy atom. The van der Waals surface area contributed by atoms with Crippen LogP contribution in [0.1, 0.15) is 0 Å². The van der Waals surface area contributed by atoms with Crippen LogP contribution in [0.15, 0.2) is 194 Å². The molecular weight excluding hydrogens is 685 g/mol. The zero-order valence-corrected chi connectivity index (χ0v) is 30.6. The van der Waals surface area contributed by atoms with Crippen molar-refractivity contribution in [2.75, 3.05) is 0 Å². The Morgan fingerprint density at radius 1 is 0.291 bits per heavy atom. The first-order chi connectivity index (χ1) is 27.3. The summed E-state index contributed by atoms with van der Waals surface area (Å²) >= 11 is 1.87. The summed E-state index contributed by atoms with van der Waals surface area (Å²) in [6.45, 7) is 0. The number of thiophene rings is 1. The molecule has 0 aliphatic heterocycles. The van der Waals surface area contributed by atoms with Crippen LogP contribution >= 0.6 is 11.3 Å². The number of rotatable bonds is 4. The molecule has 0 saturated heterocycles. The lowest BCUT2D eigenvalue weighted by Gasteiger charge is -2.10. The highest BCUT2D eigenvalue weighted by Gasteiger charge is 2.19. The van der Waals surface area contributed by atoms with E-state index < -0.39 is 0 Å². The molecule has 0 fully saturated rings. The van der Waals surface area contributed by atoms with Crippen LogP contribution in [0.2, 0.25) is 0 Å². The predicted octanol–water partition coefficient (Wildman–Crippen LogP) is 14.7. The van der Waals surface area contributed by atoms with Crippen molar-refractivity contribution in [2.45, 2.75) is 0 Å². The zero-order valence-electron chi connectivity index (χ0n) is 29.8. The van der Waals surface area contributed by atoms with Crippen LogP contribution in [-0.4, -0.2) is 9.13 Å². The van der Waals surface area contributed by atoms with E-state index in [1.165, 1.54) is 108 Å². The van der Waals surface area contributed by atoms with Crippen molar-refractivity contribution < 1.29 is 0 Å². The molecule has 2 nitrogen and oxygen atoms in total. The average molecular weight is 717 g/mol. The predicted molar refractivity (Wildman–Crippen MR) is 236 cm³/mol. The fraction of sp³-hybridized carbons (Fsp3) is 0. The van der Waals surface area contributed by atoms with E-state index in [9.17, 15) is 0 Å². The summed E-state index contributed by atoms with van der Waals surface area (Å²) in [5.74, 6) is 0. The third-order valence-corrected chi connectivity index (χ3v) is 12.6.